The maximum absolute atomic E-state index is 12.6. The molecule has 1 saturated heterocycles. The summed E-state index contributed by atoms with van der Waals surface area (Å²) in [6.07, 6.45) is 3.83. The third-order valence-electron chi connectivity index (χ3n) is 5.96. The van der Waals surface area contributed by atoms with Crippen molar-refractivity contribution in [1.29, 1.82) is 0 Å². The number of hydrogen-bond donors (Lipinski definition) is 2. The standard InChI is InChI=1S/C27H23N5O3S/c1-17-5-2-3-6-21(17)30-26(33)18-8-10-19(11-9-18)29-27-31-22(16-36-27)23-13-28-25-24(7-4-12-32(23)25)35-20-14-34-15-20/h2-13,16,20H,14-15H2,1H3,(H,29,31)(H,30,33). The van der Waals surface area contributed by atoms with Gasteiger partial charge >= 0.3 is 0 Å². The molecule has 36 heavy (non-hydrogen) atoms. The number of imidazole rings is 1. The highest BCUT2D eigenvalue weighted by Gasteiger charge is 2.22. The second kappa shape index (κ2) is 9.44. The Morgan fingerprint density at radius 1 is 1.11 bits per heavy atom. The smallest absolute Gasteiger partial charge is 0.255 e. The molecule has 6 rings (SSSR count). The van der Waals surface area contributed by atoms with E-state index in [4.69, 9.17) is 14.5 Å². The molecular formula is C27H23N5O3S. The van der Waals surface area contributed by atoms with Crippen molar-refractivity contribution in [1.82, 2.24) is 14.4 Å². The minimum Gasteiger partial charge on any atom is -0.482 e. The van der Waals surface area contributed by atoms with Crippen LogP contribution in [0.1, 0.15) is 15.9 Å². The summed E-state index contributed by atoms with van der Waals surface area (Å²) >= 11 is 1.50. The molecule has 0 saturated carbocycles. The van der Waals surface area contributed by atoms with Crippen molar-refractivity contribution in [3.63, 3.8) is 0 Å². The lowest BCUT2D eigenvalue weighted by atomic mass is 10.1. The maximum atomic E-state index is 12.6. The van der Waals surface area contributed by atoms with E-state index in [9.17, 15) is 4.79 Å². The van der Waals surface area contributed by atoms with Crippen molar-refractivity contribution < 1.29 is 14.3 Å². The molecule has 1 aliphatic rings. The van der Waals surface area contributed by atoms with Gasteiger partial charge in [0.2, 0.25) is 0 Å². The van der Waals surface area contributed by atoms with Gasteiger partial charge in [-0.25, -0.2) is 9.97 Å². The van der Waals surface area contributed by atoms with Crippen LogP contribution in [0, 0.1) is 6.92 Å². The van der Waals surface area contributed by atoms with Gasteiger partial charge in [-0.05, 0) is 55.0 Å². The molecule has 0 atom stereocenters. The number of nitrogens with zero attached hydrogens (tertiary/aromatic N) is 3. The number of nitrogens with one attached hydrogen (secondary N) is 2. The van der Waals surface area contributed by atoms with Gasteiger partial charge in [-0.15, -0.1) is 11.3 Å². The number of hydrogen-bond acceptors (Lipinski definition) is 7. The molecule has 5 aromatic rings. The lowest BCUT2D eigenvalue weighted by molar-refractivity contribution is -0.0792. The maximum Gasteiger partial charge on any atom is 0.255 e. The summed E-state index contributed by atoms with van der Waals surface area (Å²) in [6.45, 7) is 3.18. The number of carbonyl (C=O) groups is 1. The molecule has 1 fully saturated rings. The summed E-state index contributed by atoms with van der Waals surface area (Å²) < 4.78 is 13.2. The van der Waals surface area contributed by atoms with E-state index in [0.29, 0.717) is 18.8 Å². The molecule has 8 nitrogen and oxygen atoms in total. The van der Waals surface area contributed by atoms with E-state index in [1.165, 1.54) is 11.3 Å². The Morgan fingerprint density at radius 3 is 2.72 bits per heavy atom. The molecule has 0 spiro atoms. The topological polar surface area (TPSA) is 89.8 Å². The number of para-hydroxylation sites is 1. The number of pyridine rings is 1. The van der Waals surface area contributed by atoms with Crippen LogP contribution in [0.3, 0.4) is 0 Å². The van der Waals surface area contributed by atoms with Crippen LogP contribution in [0.25, 0.3) is 17.0 Å². The van der Waals surface area contributed by atoms with E-state index >= 15 is 0 Å². The number of fused-ring (bicyclic) bond motifs is 1. The summed E-state index contributed by atoms with van der Waals surface area (Å²) in [5, 5.41) is 9.01. The Labute approximate surface area is 211 Å². The molecule has 2 aromatic carbocycles. The fourth-order valence-electron chi connectivity index (χ4n) is 3.91. The number of carbonyl (C=O) groups excluding carboxylic acids is 1. The van der Waals surface area contributed by atoms with Gasteiger partial charge < -0.3 is 20.1 Å². The van der Waals surface area contributed by atoms with E-state index in [1.54, 1.807) is 18.3 Å². The van der Waals surface area contributed by atoms with Crippen LogP contribution in [0.4, 0.5) is 16.5 Å². The first kappa shape index (κ1) is 22.3. The zero-order valence-corrected chi connectivity index (χ0v) is 20.3. The van der Waals surface area contributed by atoms with Crippen molar-refractivity contribution in [3.8, 4) is 17.1 Å². The summed E-state index contributed by atoms with van der Waals surface area (Å²) in [6, 6.07) is 18.9. The zero-order chi connectivity index (χ0) is 24.5. The quantitative estimate of drug-likeness (QED) is 0.307. The minimum atomic E-state index is -0.145. The van der Waals surface area contributed by atoms with E-state index in [-0.39, 0.29) is 12.0 Å². The fourth-order valence-corrected chi connectivity index (χ4v) is 4.64. The third kappa shape index (κ3) is 4.41. The first-order valence-corrected chi connectivity index (χ1v) is 12.4. The summed E-state index contributed by atoms with van der Waals surface area (Å²) in [7, 11) is 0. The molecule has 1 amide bonds. The van der Waals surface area contributed by atoms with Crippen LogP contribution in [0.2, 0.25) is 0 Å². The highest BCUT2D eigenvalue weighted by atomic mass is 32.1. The molecule has 2 N–H and O–H groups in total. The molecule has 0 radical (unpaired) electrons. The van der Waals surface area contributed by atoms with E-state index in [0.717, 1.165) is 44.9 Å². The average molecular weight is 498 g/mol. The number of thiazole rings is 1. The average Bonchev–Trinajstić information content (AvgIpc) is 3.50. The number of ether oxygens (including phenoxy) is 2. The van der Waals surface area contributed by atoms with Gasteiger partial charge in [0.25, 0.3) is 5.91 Å². The van der Waals surface area contributed by atoms with Gasteiger partial charge in [-0.3, -0.25) is 9.20 Å². The van der Waals surface area contributed by atoms with Gasteiger partial charge in [0.1, 0.15) is 11.8 Å². The Hall–Kier alpha value is -4.21. The van der Waals surface area contributed by atoms with Gasteiger partial charge in [0.05, 0.1) is 25.1 Å². The first-order valence-electron chi connectivity index (χ1n) is 11.5. The van der Waals surface area contributed by atoms with Crippen molar-refractivity contribution >= 4 is 39.4 Å². The highest BCUT2D eigenvalue weighted by molar-refractivity contribution is 7.14. The number of rotatable bonds is 7. The summed E-state index contributed by atoms with van der Waals surface area (Å²) in [4.78, 5) is 21.9. The number of aromatic nitrogens is 3. The molecule has 180 valence electrons. The molecule has 1 aliphatic heterocycles. The number of anilines is 3. The van der Waals surface area contributed by atoms with Gasteiger partial charge in [-0.2, -0.15) is 0 Å². The summed E-state index contributed by atoms with van der Waals surface area (Å²) in [5.41, 5.74) is 5.71. The number of benzene rings is 2. The third-order valence-corrected chi connectivity index (χ3v) is 6.72. The second-order valence-electron chi connectivity index (χ2n) is 8.50. The van der Waals surface area contributed by atoms with Crippen LogP contribution in [0.5, 0.6) is 5.75 Å². The van der Waals surface area contributed by atoms with E-state index < -0.39 is 0 Å². The Morgan fingerprint density at radius 2 is 1.94 bits per heavy atom. The first-order chi connectivity index (χ1) is 17.6. The predicted octanol–water partition coefficient (Wildman–Crippen LogP) is 5.54. The van der Waals surface area contributed by atoms with Crippen LogP contribution in [-0.4, -0.2) is 39.6 Å². The van der Waals surface area contributed by atoms with Crippen molar-refractivity contribution in [2.75, 3.05) is 23.8 Å². The van der Waals surface area contributed by atoms with Crippen molar-refractivity contribution in [2.45, 2.75) is 13.0 Å². The molecule has 3 aromatic heterocycles. The second-order valence-corrected chi connectivity index (χ2v) is 9.35. The number of aryl methyl sites for hydroxylation is 1. The highest BCUT2D eigenvalue weighted by Crippen LogP contribution is 2.30. The van der Waals surface area contributed by atoms with Crippen LogP contribution < -0.4 is 15.4 Å². The molecular weight excluding hydrogens is 474 g/mol. The van der Waals surface area contributed by atoms with Crippen molar-refractivity contribution in [2.24, 2.45) is 0 Å². The SMILES string of the molecule is Cc1ccccc1NC(=O)c1ccc(Nc2nc(-c3cnc4c(OC5COC5)cccn34)cs2)cc1. The Balaban J connectivity index is 1.15. The molecule has 0 unspecified atom stereocenters. The Kier molecular flexibility index (Phi) is 5.84. The van der Waals surface area contributed by atoms with Crippen LogP contribution >= 0.6 is 11.3 Å². The normalized spacial score (nSPS) is 13.4. The predicted molar refractivity (Wildman–Crippen MR) is 140 cm³/mol. The zero-order valence-electron chi connectivity index (χ0n) is 19.5. The molecule has 0 bridgehead atoms. The molecule has 0 aliphatic carbocycles. The number of amides is 1. The fraction of sp³-hybridized carbons (Fsp3) is 0.148. The lowest BCUT2D eigenvalue weighted by Crippen LogP contribution is -2.38. The largest absolute Gasteiger partial charge is 0.482 e. The van der Waals surface area contributed by atoms with Crippen LogP contribution in [-0.2, 0) is 4.74 Å². The molecule has 4 heterocycles. The Bertz CT molecular complexity index is 1540. The molecule has 9 heteroatoms. The monoisotopic (exact) mass is 497 g/mol. The van der Waals surface area contributed by atoms with Crippen LogP contribution in [0.15, 0.2) is 78.4 Å². The summed E-state index contributed by atoms with van der Waals surface area (Å²) in [5.74, 6) is 0.588. The van der Waals surface area contributed by atoms with Gasteiger partial charge in [0.15, 0.2) is 16.5 Å². The van der Waals surface area contributed by atoms with Gasteiger partial charge in [0, 0.05) is 28.5 Å². The minimum absolute atomic E-state index is 0.0753. The van der Waals surface area contributed by atoms with Gasteiger partial charge in [-0.1, -0.05) is 18.2 Å². The van der Waals surface area contributed by atoms with E-state index in [1.807, 2.05) is 71.4 Å². The van der Waals surface area contributed by atoms with E-state index in [2.05, 4.69) is 15.6 Å². The lowest BCUT2D eigenvalue weighted by Gasteiger charge is -2.26. The van der Waals surface area contributed by atoms with Crippen molar-refractivity contribution in [3.05, 3.63) is 89.6 Å².